The highest BCUT2D eigenvalue weighted by Gasteiger charge is 1.95. The van der Waals surface area contributed by atoms with Gasteiger partial charge < -0.3 is 10.1 Å². The van der Waals surface area contributed by atoms with E-state index >= 15 is 0 Å². The fourth-order valence-corrected chi connectivity index (χ4v) is 1.43. The van der Waals surface area contributed by atoms with Crippen LogP contribution in [0.3, 0.4) is 0 Å². The van der Waals surface area contributed by atoms with Gasteiger partial charge in [0.2, 0.25) is 0 Å². The molecule has 0 aromatic carbocycles. The number of hydrogen-bond acceptors (Lipinski definition) is 3. The normalized spacial score (nSPS) is 10.8. The molecule has 0 aliphatic heterocycles. The van der Waals surface area contributed by atoms with Gasteiger partial charge in [-0.05, 0) is 45.7 Å². The molecule has 1 rings (SSSR count). The van der Waals surface area contributed by atoms with Crippen molar-refractivity contribution >= 4 is 5.69 Å². The third-order valence-corrected chi connectivity index (χ3v) is 2.25. The van der Waals surface area contributed by atoms with Gasteiger partial charge in [0.1, 0.15) is 0 Å². The van der Waals surface area contributed by atoms with Crippen LogP contribution in [0.5, 0.6) is 0 Å². The molecular weight excluding hydrogens is 200 g/mol. The number of ether oxygens (including phenoxy) is 1. The minimum absolute atomic E-state index is 0.343. The Balaban J connectivity index is 2.07. The largest absolute Gasteiger partial charge is 0.385 e. The Morgan fingerprint density at radius 2 is 2.19 bits per heavy atom. The van der Waals surface area contributed by atoms with E-state index in [-0.39, 0.29) is 0 Å². The van der Waals surface area contributed by atoms with Crippen LogP contribution < -0.4 is 5.32 Å². The molecule has 16 heavy (non-hydrogen) atoms. The highest BCUT2D eigenvalue weighted by Crippen LogP contribution is 2.07. The van der Waals surface area contributed by atoms with E-state index in [0.717, 1.165) is 37.4 Å². The molecule has 0 unspecified atom stereocenters. The molecule has 0 atom stereocenters. The third-order valence-electron chi connectivity index (χ3n) is 2.25. The van der Waals surface area contributed by atoms with Gasteiger partial charge in [-0.25, -0.2) is 0 Å². The van der Waals surface area contributed by atoms with Crippen molar-refractivity contribution in [2.75, 3.05) is 18.5 Å². The van der Waals surface area contributed by atoms with Crippen LogP contribution >= 0.6 is 0 Å². The first-order valence-electron chi connectivity index (χ1n) is 5.96. The monoisotopic (exact) mass is 222 g/mol. The van der Waals surface area contributed by atoms with Crippen molar-refractivity contribution < 1.29 is 4.74 Å². The lowest BCUT2D eigenvalue weighted by atomic mass is 10.3. The van der Waals surface area contributed by atoms with Gasteiger partial charge in [0.15, 0.2) is 0 Å². The number of anilines is 1. The quantitative estimate of drug-likeness (QED) is 0.720. The second-order valence-electron chi connectivity index (χ2n) is 4.24. The molecule has 3 heteroatoms. The molecule has 3 nitrogen and oxygen atoms in total. The van der Waals surface area contributed by atoms with Gasteiger partial charge >= 0.3 is 0 Å². The van der Waals surface area contributed by atoms with Gasteiger partial charge in [-0.15, -0.1) is 0 Å². The number of nitrogens with one attached hydrogen (secondary N) is 1. The molecule has 1 aromatic rings. The van der Waals surface area contributed by atoms with Crippen molar-refractivity contribution in [3.8, 4) is 0 Å². The van der Waals surface area contributed by atoms with Gasteiger partial charge in [-0.3, -0.25) is 4.98 Å². The van der Waals surface area contributed by atoms with Crippen molar-refractivity contribution in [3.63, 3.8) is 0 Å². The highest BCUT2D eigenvalue weighted by molar-refractivity contribution is 5.42. The fraction of sp³-hybridized carbons (Fsp3) is 0.615. The lowest BCUT2D eigenvalue weighted by Gasteiger charge is -2.08. The number of aryl methyl sites for hydroxylation is 1. The van der Waals surface area contributed by atoms with Crippen LogP contribution in [0, 0.1) is 6.92 Å². The molecule has 0 bridgehead atoms. The minimum atomic E-state index is 0.343. The zero-order valence-electron chi connectivity index (χ0n) is 10.5. The Bertz CT molecular complexity index is 300. The third kappa shape index (κ3) is 5.71. The summed E-state index contributed by atoms with van der Waals surface area (Å²) in [5.41, 5.74) is 2.20. The van der Waals surface area contributed by atoms with E-state index in [1.807, 2.05) is 19.2 Å². The SMILES string of the molecule is Cc1cc(NCCCCOC(C)C)ccn1. The maximum absolute atomic E-state index is 5.48. The molecule has 0 amide bonds. The van der Waals surface area contributed by atoms with Crippen LogP contribution in [0.1, 0.15) is 32.4 Å². The number of unbranched alkanes of at least 4 members (excludes halogenated alkanes) is 1. The Labute approximate surface area is 98.2 Å². The molecule has 1 heterocycles. The summed E-state index contributed by atoms with van der Waals surface area (Å²) < 4.78 is 5.48. The molecular formula is C13H22N2O. The van der Waals surface area contributed by atoms with Gasteiger partial charge in [-0.2, -0.15) is 0 Å². The van der Waals surface area contributed by atoms with E-state index in [2.05, 4.69) is 30.2 Å². The molecule has 0 aliphatic rings. The standard InChI is InChI=1S/C13H22N2O/c1-11(2)16-9-5-4-7-15-13-6-8-14-12(3)10-13/h6,8,10-11H,4-5,7,9H2,1-3H3,(H,14,15). The van der Waals surface area contributed by atoms with E-state index < -0.39 is 0 Å². The van der Waals surface area contributed by atoms with Crippen LogP contribution in [-0.2, 0) is 4.74 Å². The fourth-order valence-electron chi connectivity index (χ4n) is 1.43. The average molecular weight is 222 g/mol. The number of pyridine rings is 1. The summed E-state index contributed by atoms with van der Waals surface area (Å²) in [6.07, 6.45) is 4.42. The minimum Gasteiger partial charge on any atom is -0.385 e. The summed E-state index contributed by atoms with van der Waals surface area (Å²) in [6, 6.07) is 4.06. The second kappa shape index (κ2) is 7.23. The molecule has 0 saturated heterocycles. The van der Waals surface area contributed by atoms with E-state index in [4.69, 9.17) is 4.74 Å². The Hall–Kier alpha value is -1.09. The molecule has 0 aliphatic carbocycles. The van der Waals surface area contributed by atoms with Crippen molar-refractivity contribution in [2.45, 2.75) is 39.7 Å². The summed E-state index contributed by atoms with van der Waals surface area (Å²) in [7, 11) is 0. The molecule has 1 aromatic heterocycles. The summed E-state index contributed by atoms with van der Waals surface area (Å²) in [4.78, 5) is 4.16. The Morgan fingerprint density at radius 3 is 2.88 bits per heavy atom. The molecule has 90 valence electrons. The molecule has 0 saturated carbocycles. The van der Waals surface area contributed by atoms with Gasteiger partial charge in [-0.1, -0.05) is 0 Å². The number of rotatable bonds is 7. The van der Waals surface area contributed by atoms with Crippen LogP contribution in [0.2, 0.25) is 0 Å². The average Bonchev–Trinajstić information content (AvgIpc) is 2.23. The summed E-state index contributed by atoms with van der Waals surface area (Å²) in [5, 5.41) is 3.38. The first kappa shape index (κ1) is 13.0. The molecule has 0 spiro atoms. The van der Waals surface area contributed by atoms with Crippen LogP contribution in [-0.4, -0.2) is 24.2 Å². The van der Waals surface area contributed by atoms with Crippen molar-refractivity contribution in [2.24, 2.45) is 0 Å². The zero-order valence-corrected chi connectivity index (χ0v) is 10.5. The number of nitrogens with zero attached hydrogens (tertiary/aromatic N) is 1. The van der Waals surface area contributed by atoms with Gasteiger partial charge in [0, 0.05) is 30.7 Å². The van der Waals surface area contributed by atoms with E-state index in [9.17, 15) is 0 Å². The van der Waals surface area contributed by atoms with E-state index in [1.54, 1.807) is 0 Å². The first-order valence-corrected chi connectivity index (χ1v) is 5.96. The number of hydrogen-bond donors (Lipinski definition) is 1. The predicted octanol–water partition coefficient (Wildman–Crippen LogP) is 3.01. The number of aromatic nitrogens is 1. The summed E-state index contributed by atoms with van der Waals surface area (Å²) >= 11 is 0. The summed E-state index contributed by atoms with van der Waals surface area (Å²) in [6.45, 7) is 7.98. The first-order chi connectivity index (χ1) is 7.68. The topological polar surface area (TPSA) is 34.1 Å². The molecule has 0 radical (unpaired) electrons. The van der Waals surface area contributed by atoms with Gasteiger partial charge in [0.25, 0.3) is 0 Å². The van der Waals surface area contributed by atoms with Crippen LogP contribution in [0.4, 0.5) is 5.69 Å². The highest BCUT2D eigenvalue weighted by atomic mass is 16.5. The smallest absolute Gasteiger partial charge is 0.0518 e. The van der Waals surface area contributed by atoms with Crippen molar-refractivity contribution in [1.29, 1.82) is 0 Å². The second-order valence-corrected chi connectivity index (χ2v) is 4.24. The molecule has 1 N–H and O–H groups in total. The maximum Gasteiger partial charge on any atom is 0.0518 e. The van der Waals surface area contributed by atoms with Crippen molar-refractivity contribution in [1.82, 2.24) is 4.98 Å². The van der Waals surface area contributed by atoms with Crippen LogP contribution in [0.15, 0.2) is 18.3 Å². The molecule has 0 fully saturated rings. The van der Waals surface area contributed by atoms with E-state index in [1.165, 1.54) is 0 Å². The predicted molar refractivity (Wildman–Crippen MR) is 67.8 cm³/mol. The lowest BCUT2D eigenvalue weighted by molar-refractivity contribution is 0.0765. The van der Waals surface area contributed by atoms with Gasteiger partial charge in [0.05, 0.1) is 6.10 Å². The van der Waals surface area contributed by atoms with E-state index in [0.29, 0.717) is 6.10 Å². The summed E-state index contributed by atoms with van der Waals surface area (Å²) in [5.74, 6) is 0. The van der Waals surface area contributed by atoms with Crippen LogP contribution in [0.25, 0.3) is 0 Å². The Kier molecular flexibility index (Phi) is 5.86. The zero-order chi connectivity index (χ0) is 11.8. The maximum atomic E-state index is 5.48. The van der Waals surface area contributed by atoms with Crippen molar-refractivity contribution in [3.05, 3.63) is 24.0 Å². The lowest BCUT2D eigenvalue weighted by Crippen LogP contribution is -2.07. The Morgan fingerprint density at radius 1 is 1.38 bits per heavy atom.